The number of anilines is 1. The number of halogens is 1. The predicted octanol–water partition coefficient (Wildman–Crippen LogP) is 4.78. The number of ether oxygens (including phenoxy) is 1. The first kappa shape index (κ1) is 15.1. The molecule has 0 spiro atoms. The fourth-order valence-electron chi connectivity index (χ4n) is 1.96. The Morgan fingerprint density at radius 2 is 1.78 bits per heavy atom. The van der Waals surface area contributed by atoms with Gasteiger partial charge in [0.2, 0.25) is 0 Å². The Morgan fingerprint density at radius 1 is 1.00 bits per heavy atom. The highest BCUT2D eigenvalue weighted by atomic mass is 35.5. The second-order valence-corrected chi connectivity index (χ2v) is 5.16. The molecule has 114 valence electrons. The van der Waals surface area contributed by atoms with Crippen LogP contribution >= 0.6 is 11.6 Å². The Labute approximate surface area is 138 Å². The molecule has 2 aromatic carbocycles. The van der Waals surface area contributed by atoms with Crippen LogP contribution in [-0.2, 0) is 0 Å². The van der Waals surface area contributed by atoms with Crippen LogP contribution in [0.25, 0.3) is 0 Å². The molecule has 3 rings (SSSR count). The zero-order valence-corrected chi connectivity index (χ0v) is 12.8. The molecule has 0 fully saturated rings. The van der Waals surface area contributed by atoms with Gasteiger partial charge in [-0.15, -0.1) is 0 Å². The molecule has 1 heterocycles. The third-order valence-electron chi connectivity index (χ3n) is 3.10. The molecule has 0 aliphatic carbocycles. The van der Waals surface area contributed by atoms with E-state index < -0.39 is 0 Å². The quantitative estimate of drug-likeness (QED) is 0.751. The van der Waals surface area contributed by atoms with Gasteiger partial charge in [-0.2, -0.15) is 0 Å². The Balaban J connectivity index is 1.68. The van der Waals surface area contributed by atoms with Gasteiger partial charge in [0.15, 0.2) is 0 Å². The summed E-state index contributed by atoms with van der Waals surface area (Å²) in [6.45, 7) is 0. The molecule has 1 amide bonds. The maximum atomic E-state index is 12.0. The third kappa shape index (κ3) is 3.87. The van der Waals surface area contributed by atoms with Crippen molar-refractivity contribution in [1.29, 1.82) is 0 Å². The fraction of sp³-hybridized carbons (Fsp3) is 0. The van der Waals surface area contributed by atoms with Gasteiger partial charge in [0, 0.05) is 18.1 Å². The number of hydrogen-bond acceptors (Lipinski definition) is 3. The summed E-state index contributed by atoms with van der Waals surface area (Å²) in [6, 6.07) is 17.7. The van der Waals surface area contributed by atoms with E-state index in [1.54, 1.807) is 54.7 Å². The van der Waals surface area contributed by atoms with Gasteiger partial charge >= 0.3 is 0 Å². The molecule has 3 aromatic rings. The molecule has 5 heteroatoms. The molecule has 0 atom stereocenters. The van der Waals surface area contributed by atoms with E-state index in [4.69, 9.17) is 16.3 Å². The van der Waals surface area contributed by atoms with Gasteiger partial charge in [-0.05, 0) is 48.5 Å². The minimum atomic E-state index is -0.210. The number of carbonyl (C=O) groups excluding carboxylic acids is 1. The van der Waals surface area contributed by atoms with Crippen LogP contribution in [0.4, 0.5) is 5.69 Å². The highest BCUT2D eigenvalue weighted by Gasteiger charge is 2.06. The van der Waals surface area contributed by atoms with Crippen molar-refractivity contribution >= 4 is 23.2 Å². The van der Waals surface area contributed by atoms with Crippen molar-refractivity contribution < 1.29 is 9.53 Å². The molecular weight excluding hydrogens is 312 g/mol. The van der Waals surface area contributed by atoms with Crippen molar-refractivity contribution in [2.75, 3.05) is 5.32 Å². The van der Waals surface area contributed by atoms with Gasteiger partial charge < -0.3 is 10.1 Å². The maximum Gasteiger partial charge on any atom is 0.257 e. The number of nitrogens with zero attached hydrogens (tertiary/aromatic N) is 1. The van der Waals surface area contributed by atoms with Gasteiger partial charge in [-0.1, -0.05) is 23.7 Å². The van der Waals surface area contributed by atoms with Crippen LogP contribution in [0.1, 0.15) is 10.4 Å². The standard InChI is InChI=1S/C18H13ClN2O2/c19-16-5-1-2-6-17(16)23-15-9-7-14(8-10-15)21-18(22)13-4-3-11-20-12-13/h1-12H,(H,21,22). The largest absolute Gasteiger partial charge is 0.456 e. The number of hydrogen-bond donors (Lipinski definition) is 1. The average Bonchev–Trinajstić information content (AvgIpc) is 2.59. The molecule has 0 unspecified atom stereocenters. The Bertz CT molecular complexity index is 805. The van der Waals surface area contributed by atoms with Crippen molar-refractivity contribution in [2.45, 2.75) is 0 Å². The van der Waals surface area contributed by atoms with E-state index in [-0.39, 0.29) is 5.91 Å². The van der Waals surface area contributed by atoms with Crippen molar-refractivity contribution in [1.82, 2.24) is 4.98 Å². The van der Waals surface area contributed by atoms with Gasteiger partial charge in [-0.25, -0.2) is 0 Å². The molecule has 23 heavy (non-hydrogen) atoms. The maximum absolute atomic E-state index is 12.0. The smallest absolute Gasteiger partial charge is 0.257 e. The van der Waals surface area contributed by atoms with Gasteiger partial charge in [-0.3, -0.25) is 9.78 Å². The Hall–Kier alpha value is -2.85. The number of pyridine rings is 1. The zero-order chi connectivity index (χ0) is 16.1. The number of benzene rings is 2. The van der Waals surface area contributed by atoms with Crippen molar-refractivity contribution in [2.24, 2.45) is 0 Å². The number of para-hydroxylation sites is 1. The zero-order valence-electron chi connectivity index (χ0n) is 12.1. The SMILES string of the molecule is O=C(Nc1ccc(Oc2ccccc2Cl)cc1)c1cccnc1. The van der Waals surface area contributed by atoms with Crippen LogP contribution < -0.4 is 10.1 Å². The monoisotopic (exact) mass is 324 g/mol. The summed E-state index contributed by atoms with van der Waals surface area (Å²) in [4.78, 5) is 16.0. The number of nitrogens with one attached hydrogen (secondary N) is 1. The highest BCUT2D eigenvalue weighted by Crippen LogP contribution is 2.29. The predicted molar refractivity (Wildman–Crippen MR) is 90.2 cm³/mol. The molecule has 1 aromatic heterocycles. The van der Waals surface area contributed by atoms with Crippen LogP contribution in [0.2, 0.25) is 5.02 Å². The van der Waals surface area contributed by atoms with Gasteiger partial charge in [0.25, 0.3) is 5.91 Å². The van der Waals surface area contributed by atoms with Crippen LogP contribution in [0.3, 0.4) is 0 Å². The molecule has 0 bridgehead atoms. The Kier molecular flexibility index (Phi) is 4.54. The number of aromatic nitrogens is 1. The summed E-state index contributed by atoms with van der Waals surface area (Å²) in [5, 5.41) is 3.34. The van der Waals surface area contributed by atoms with Crippen molar-refractivity contribution in [3.05, 3.63) is 83.6 Å². The summed E-state index contributed by atoms with van der Waals surface area (Å²) in [5.74, 6) is 1.01. The van der Waals surface area contributed by atoms with E-state index in [0.29, 0.717) is 27.8 Å². The van der Waals surface area contributed by atoms with Crippen molar-refractivity contribution in [3.8, 4) is 11.5 Å². The fourth-order valence-corrected chi connectivity index (χ4v) is 2.14. The third-order valence-corrected chi connectivity index (χ3v) is 3.41. The lowest BCUT2D eigenvalue weighted by Gasteiger charge is -2.09. The summed E-state index contributed by atoms with van der Waals surface area (Å²) < 4.78 is 5.70. The van der Waals surface area contributed by atoms with E-state index in [2.05, 4.69) is 10.3 Å². The molecule has 0 aliphatic rings. The number of amides is 1. The molecule has 0 aliphatic heterocycles. The van der Waals surface area contributed by atoms with Crippen LogP contribution in [0, 0.1) is 0 Å². The first-order valence-electron chi connectivity index (χ1n) is 6.96. The summed E-state index contributed by atoms with van der Waals surface area (Å²) in [5.41, 5.74) is 1.18. The molecule has 4 nitrogen and oxygen atoms in total. The Morgan fingerprint density at radius 3 is 2.48 bits per heavy atom. The first-order chi connectivity index (χ1) is 11.2. The summed E-state index contributed by atoms with van der Waals surface area (Å²) in [7, 11) is 0. The van der Waals surface area contributed by atoms with Crippen LogP contribution in [-0.4, -0.2) is 10.9 Å². The molecule has 1 N–H and O–H groups in total. The second kappa shape index (κ2) is 6.94. The van der Waals surface area contributed by atoms with E-state index in [1.165, 1.54) is 6.20 Å². The molecule has 0 saturated carbocycles. The topological polar surface area (TPSA) is 51.2 Å². The minimum absolute atomic E-state index is 0.210. The molecular formula is C18H13ClN2O2. The van der Waals surface area contributed by atoms with Crippen molar-refractivity contribution in [3.63, 3.8) is 0 Å². The van der Waals surface area contributed by atoms with E-state index >= 15 is 0 Å². The average molecular weight is 325 g/mol. The lowest BCUT2D eigenvalue weighted by atomic mass is 10.2. The minimum Gasteiger partial charge on any atom is -0.456 e. The number of rotatable bonds is 4. The van der Waals surface area contributed by atoms with E-state index in [9.17, 15) is 4.79 Å². The first-order valence-corrected chi connectivity index (χ1v) is 7.34. The normalized spacial score (nSPS) is 10.1. The van der Waals surface area contributed by atoms with E-state index in [1.807, 2.05) is 12.1 Å². The van der Waals surface area contributed by atoms with Gasteiger partial charge in [0.1, 0.15) is 11.5 Å². The molecule has 0 radical (unpaired) electrons. The number of carbonyl (C=O) groups is 1. The van der Waals surface area contributed by atoms with Gasteiger partial charge in [0.05, 0.1) is 10.6 Å². The lowest BCUT2D eigenvalue weighted by molar-refractivity contribution is 0.102. The highest BCUT2D eigenvalue weighted by molar-refractivity contribution is 6.32. The van der Waals surface area contributed by atoms with E-state index in [0.717, 1.165) is 0 Å². The van der Waals surface area contributed by atoms with Crippen LogP contribution in [0.5, 0.6) is 11.5 Å². The summed E-state index contributed by atoms with van der Waals surface area (Å²) in [6.07, 6.45) is 3.14. The summed E-state index contributed by atoms with van der Waals surface area (Å²) >= 11 is 6.05. The molecule has 0 saturated heterocycles. The lowest BCUT2D eigenvalue weighted by Crippen LogP contribution is -2.11. The second-order valence-electron chi connectivity index (χ2n) is 4.75. The van der Waals surface area contributed by atoms with Crippen LogP contribution in [0.15, 0.2) is 73.1 Å².